The normalized spacial score (nSPS) is 12.8. The van der Waals surface area contributed by atoms with E-state index >= 15 is 0 Å². The molecule has 1 N–H and O–H groups in total. The van der Waals surface area contributed by atoms with Crippen molar-refractivity contribution in [2.24, 2.45) is 5.41 Å². The molecule has 2 aromatic rings. The molecular weight excluding hydrogens is 270 g/mol. The van der Waals surface area contributed by atoms with Crippen molar-refractivity contribution in [1.82, 2.24) is 4.98 Å². The van der Waals surface area contributed by atoms with Crippen molar-refractivity contribution < 1.29 is 9.90 Å². The molecule has 0 unspecified atom stereocenters. The second kappa shape index (κ2) is 4.85. The van der Waals surface area contributed by atoms with E-state index in [-0.39, 0.29) is 5.41 Å². The molecule has 0 spiro atoms. The van der Waals surface area contributed by atoms with Gasteiger partial charge in [0.25, 0.3) is 0 Å². The number of aliphatic carboxylic acids is 1. The summed E-state index contributed by atoms with van der Waals surface area (Å²) in [4.78, 5) is 15.9. The second-order valence-corrected chi connectivity index (χ2v) is 7.97. The second-order valence-electron chi connectivity index (χ2n) is 6.94. The molecule has 0 bridgehead atoms. The molecule has 2 rings (SSSR count). The van der Waals surface area contributed by atoms with Crippen LogP contribution in [0, 0.1) is 5.41 Å². The van der Waals surface area contributed by atoms with Crippen LogP contribution < -0.4 is 0 Å². The zero-order valence-electron chi connectivity index (χ0n) is 12.7. The monoisotopic (exact) mass is 291 g/mol. The van der Waals surface area contributed by atoms with Gasteiger partial charge < -0.3 is 5.11 Å². The summed E-state index contributed by atoms with van der Waals surface area (Å²) < 4.78 is 1.13. The Balaban J connectivity index is 2.37. The maximum absolute atomic E-state index is 11.2. The van der Waals surface area contributed by atoms with Gasteiger partial charge in [-0.3, -0.25) is 4.79 Å². The van der Waals surface area contributed by atoms with Gasteiger partial charge in [0.1, 0.15) is 0 Å². The molecule has 108 valence electrons. The number of carbonyl (C=O) groups is 1. The molecule has 0 aliphatic heterocycles. The van der Waals surface area contributed by atoms with E-state index in [1.165, 1.54) is 0 Å². The summed E-state index contributed by atoms with van der Waals surface area (Å²) in [5, 5.41) is 10.3. The summed E-state index contributed by atoms with van der Waals surface area (Å²) in [7, 11) is 0. The van der Waals surface area contributed by atoms with E-state index in [1.54, 1.807) is 25.2 Å². The molecule has 0 fully saturated rings. The molecule has 0 atom stereocenters. The fourth-order valence-electron chi connectivity index (χ4n) is 1.99. The van der Waals surface area contributed by atoms with Gasteiger partial charge in [-0.1, -0.05) is 26.8 Å². The zero-order chi connectivity index (χ0) is 15.1. The Morgan fingerprint density at radius 2 is 1.90 bits per heavy atom. The molecule has 1 heterocycles. The van der Waals surface area contributed by atoms with Crippen molar-refractivity contribution in [2.75, 3.05) is 0 Å². The highest BCUT2D eigenvalue weighted by molar-refractivity contribution is 7.18. The van der Waals surface area contributed by atoms with Gasteiger partial charge in [-0.25, -0.2) is 4.98 Å². The van der Waals surface area contributed by atoms with Crippen LogP contribution in [0.5, 0.6) is 0 Å². The van der Waals surface area contributed by atoms with Crippen LogP contribution in [0.3, 0.4) is 0 Å². The molecule has 0 aliphatic rings. The Morgan fingerprint density at radius 3 is 2.45 bits per heavy atom. The van der Waals surface area contributed by atoms with E-state index in [0.29, 0.717) is 6.42 Å². The van der Waals surface area contributed by atoms with Gasteiger partial charge in [0.15, 0.2) is 0 Å². The highest BCUT2D eigenvalue weighted by Crippen LogP contribution is 2.32. The van der Waals surface area contributed by atoms with E-state index in [4.69, 9.17) is 0 Å². The number of aromatic nitrogens is 1. The molecule has 1 aromatic heterocycles. The number of carboxylic acid groups (broad SMARTS) is 1. The van der Waals surface area contributed by atoms with Crippen molar-refractivity contribution in [3.05, 3.63) is 28.8 Å². The quantitative estimate of drug-likeness (QED) is 0.919. The smallest absolute Gasteiger partial charge is 0.309 e. The molecule has 1 aromatic carbocycles. The number of nitrogens with zero attached hydrogens (tertiary/aromatic N) is 1. The van der Waals surface area contributed by atoms with Crippen molar-refractivity contribution in [2.45, 2.75) is 46.5 Å². The number of hydrogen-bond acceptors (Lipinski definition) is 3. The molecule has 0 saturated carbocycles. The summed E-state index contributed by atoms with van der Waals surface area (Å²) in [6, 6.07) is 6.06. The van der Waals surface area contributed by atoms with Crippen LogP contribution >= 0.6 is 11.3 Å². The van der Waals surface area contributed by atoms with E-state index in [9.17, 15) is 9.90 Å². The summed E-state index contributed by atoms with van der Waals surface area (Å²) in [5.41, 5.74) is 1.35. The minimum Gasteiger partial charge on any atom is -0.481 e. The van der Waals surface area contributed by atoms with E-state index < -0.39 is 11.4 Å². The van der Waals surface area contributed by atoms with E-state index in [0.717, 1.165) is 20.8 Å². The SMILES string of the molecule is CC(C)(Cc1ccc2nc(C(C)(C)C)sc2c1)C(=O)O. The number of benzene rings is 1. The van der Waals surface area contributed by atoms with Gasteiger partial charge in [-0.2, -0.15) is 0 Å². The molecular formula is C16H21NO2S. The number of hydrogen-bond donors (Lipinski definition) is 1. The Morgan fingerprint density at radius 1 is 1.25 bits per heavy atom. The minimum atomic E-state index is -0.766. The highest BCUT2D eigenvalue weighted by atomic mass is 32.1. The van der Waals surface area contributed by atoms with Gasteiger partial charge in [-0.05, 0) is 38.0 Å². The lowest BCUT2D eigenvalue weighted by molar-refractivity contribution is -0.146. The first-order valence-corrected chi connectivity index (χ1v) is 7.54. The molecule has 0 amide bonds. The minimum absolute atomic E-state index is 0.0458. The van der Waals surface area contributed by atoms with Crippen molar-refractivity contribution >= 4 is 27.5 Å². The summed E-state index contributed by atoms with van der Waals surface area (Å²) >= 11 is 1.69. The van der Waals surface area contributed by atoms with Gasteiger partial charge in [-0.15, -0.1) is 11.3 Å². The van der Waals surface area contributed by atoms with Gasteiger partial charge >= 0.3 is 5.97 Å². The van der Waals surface area contributed by atoms with Gasteiger partial charge in [0, 0.05) is 5.41 Å². The standard InChI is InChI=1S/C16H21NO2S/c1-15(2,3)13-17-11-7-6-10(8-12(11)20-13)9-16(4,5)14(18)19/h6-8H,9H2,1-5H3,(H,18,19). The maximum atomic E-state index is 11.2. The average Bonchev–Trinajstić information content (AvgIpc) is 2.70. The zero-order valence-corrected chi connectivity index (χ0v) is 13.5. The number of carboxylic acids is 1. The lowest BCUT2D eigenvalue weighted by Gasteiger charge is -2.18. The van der Waals surface area contributed by atoms with Gasteiger partial charge in [0.05, 0.1) is 20.6 Å². The van der Waals surface area contributed by atoms with Crippen LogP contribution in [0.1, 0.15) is 45.2 Å². The number of fused-ring (bicyclic) bond motifs is 1. The van der Waals surface area contributed by atoms with Crippen molar-refractivity contribution in [3.63, 3.8) is 0 Å². The molecule has 4 heteroatoms. The van der Waals surface area contributed by atoms with Crippen LogP contribution in [-0.4, -0.2) is 16.1 Å². The largest absolute Gasteiger partial charge is 0.481 e. The van der Waals surface area contributed by atoms with Crippen LogP contribution in [0.15, 0.2) is 18.2 Å². The van der Waals surface area contributed by atoms with E-state index in [1.807, 2.05) is 12.1 Å². The van der Waals surface area contributed by atoms with E-state index in [2.05, 4.69) is 31.8 Å². The Bertz CT molecular complexity index is 650. The lowest BCUT2D eigenvalue weighted by Crippen LogP contribution is -2.26. The molecule has 0 aliphatic carbocycles. The third-order valence-electron chi connectivity index (χ3n) is 3.32. The Labute approximate surface area is 123 Å². The van der Waals surface area contributed by atoms with Gasteiger partial charge in [0.2, 0.25) is 0 Å². The summed E-state index contributed by atoms with van der Waals surface area (Å²) in [6.07, 6.45) is 0.529. The number of rotatable bonds is 3. The van der Waals surface area contributed by atoms with Crippen molar-refractivity contribution in [3.8, 4) is 0 Å². The lowest BCUT2D eigenvalue weighted by atomic mass is 9.86. The summed E-state index contributed by atoms with van der Waals surface area (Å²) in [6.45, 7) is 9.97. The predicted octanol–water partition coefficient (Wildman–Crippen LogP) is 4.25. The third kappa shape index (κ3) is 3.01. The first kappa shape index (κ1) is 15.0. The average molecular weight is 291 g/mol. The highest BCUT2D eigenvalue weighted by Gasteiger charge is 2.27. The molecule has 0 saturated heterocycles. The third-order valence-corrected chi connectivity index (χ3v) is 4.76. The van der Waals surface area contributed by atoms with Crippen LogP contribution in [0.2, 0.25) is 0 Å². The summed E-state index contributed by atoms with van der Waals surface area (Å²) in [5.74, 6) is -0.766. The van der Waals surface area contributed by atoms with Crippen LogP contribution in [0.4, 0.5) is 0 Å². The topological polar surface area (TPSA) is 50.2 Å². The maximum Gasteiger partial charge on any atom is 0.309 e. The molecule has 0 radical (unpaired) electrons. The van der Waals surface area contributed by atoms with Crippen LogP contribution in [0.25, 0.3) is 10.2 Å². The fourth-order valence-corrected chi connectivity index (χ4v) is 3.07. The van der Waals surface area contributed by atoms with Crippen LogP contribution in [-0.2, 0) is 16.6 Å². The van der Waals surface area contributed by atoms with Crippen molar-refractivity contribution in [1.29, 1.82) is 0 Å². The Kier molecular flexibility index (Phi) is 3.63. The predicted molar refractivity (Wildman–Crippen MR) is 83.4 cm³/mol. The number of thiazole rings is 1. The first-order valence-electron chi connectivity index (χ1n) is 6.73. The molecule has 3 nitrogen and oxygen atoms in total. The fraction of sp³-hybridized carbons (Fsp3) is 0.500. The molecule has 20 heavy (non-hydrogen) atoms. The Hall–Kier alpha value is -1.42. The first-order chi connectivity index (χ1) is 9.09.